The molecule has 0 aromatic rings. The Kier molecular flexibility index (Phi) is 1.62. The van der Waals surface area contributed by atoms with E-state index in [9.17, 15) is 0 Å². The van der Waals surface area contributed by atoms with Gasteiger partial charge >= 0.3 is 0 Å². The molecule has 0 spiro atoms. The molecule has 0 aliphatic heterocycles. The summed E-state index contributed by atoms with van der Waals surface area (Å²) in [6, 6.07) is 0. The van der Waals surface area contributed by atoms with Crippen molar-refractivity contribution in [1.82, 2.24) is 0 Å². The topological polar surface area (TPSA) is 0 Å². The zero-order valence-corrected chi connectivity index (χ0v) is 6.27. The van der Waals surface area contributed by atoms with E-state index in [1.54, 1.807) is 5.57 Å². The average Bonchev–Trinajstić information content (AvgIpc) is 2.05. The van der Waals surface area contributed by atoms with Gasteiger partial charge in [-0.2, -0.15) is 0 Å². The molecule has 0 aromatic carbocycles. The highest BCUT2D eigenvalue weighted by Crippen LogP contribution is 2.32. The first-order chi connectivity index (χ1) is 4.97. The third kappa shape index (κ3) is 1.03. The lowest BCUT2D eigenvalue weighted by atomic mass is 9.81. The molecular formula is C10H13. The zero-order valence-electron chi connectivity index (χ0n) is 6.27. The monoisotopic (exact) mass is 133 g/mol. The molecular weight excluding hydrogens is 120 g/mol. The molecule has 0 aromatic heterocycles. The summed E-state index contributed by atoms with van der Waals surface area (Å²) in [5.41, 5.74) is 1.59. The Balaban J connectivity index is 2.17. The van der Waals surface area contributed by atoms with Gasteiger partial charge in [-0.25, -0.2) is 0 Å². The van der Waals surface area contributed by atoms with Gasteiger partial charge in [0.15, 0.2) is 0 Å². The number of hydrogen-bond donors (Lipinski definition) is 0. The van der Waals surface area contributed by atoms with Crippen LogP contribution >= 0.6 is 0 Å². The molecule has 1 radical (unpaired) electrons. The van der Waals surface area contributed by atoms with Crippen molar-refractivity contribution in [2.75, 3.05) is 0 Å². The van der Waals surface area contributed by atoms with Gasteiger partial charge in [0.1, 0.15) is 0 Å². The summed E-state index contributed by atoms with van der Waals surface area (Å²) in [6.45, 7) is 0. The first kappa shape index (κ1) is 6.21. The fourth-order valence-electron chi connectivity index (χ4n) is 1.89. The maximum atomic E-state index is 3.49. The highest BCUT2D eigenvalue weighted by molar-refractivity contribution is 5.15. The second kappa shape index (κ2) is 2.61. The molecule has 0 saturated heterocycles. The molecule has 0 saturated carbocycles. The molecule has 10 heavy (non-hydrogen) atoms. The molecule has 2 aliphatic carbocycles. The SMILES string of the molecule is [C]1=C2CC=CCC2CCC1. The minimum Gasteiger partial charge on any atom is -0.0876 e. The smallest absolute Gasteiger partial charge is 0.0130 e. The van der Waals surface area contributed by atoms with E-state index < -0.39 is 0 Å². The molecule has 0 N–H and O–H groups in total. The van der Waals surface area contributed by atoms with Crippen molar-refractivity contribution in [1.29, 1.82) is 0 Å². The van der Waals surface area contributed by atoms with Gasteiger partial charge in [-0.15, -0.1) is 0 Å². The summed E-state index contributed by atoms with van der Waals surface area (Å²) in [7, 11) is 0. The first-order valence-corrected chi connectivity index (χ1v) is 4.21. The van der Waals surface area contributed by atoms with Gasteiger partial charge in [0.25, 0.3) is 0 Å². The second-order valence-corrected chi connectivity index (χ2v) is 3.20. The molecule has 1 unspecified atom stereocenters. The van der Waals surface area contributed by atoms with E-state index in [1.807, 2.05) is 0 Å². The molecule has 2 aliphatic rings. The van der Waals surface area contributed by atoms with Crippen LogP contribution in [-0.4, -0.2) is 0 Å². The van der Waals surface area contributed by atoms with Gasteiger partial charge in [0.2, 0.25) is 0 Å². The highest BCUT2D eigenvalue weighted by atomic mass is 14.2. The van der Waals surface area contributed by atoms with Crippen LogP contribution in [0.5, 0.6) is 0 Å². The van der Waals surface area contributed by atoms with Gasteiger partial charge in [0, 0.05) is 0 Å². The van der Waals surface area contributed by atoms with Crippen molar-refractivity contribution in [3.05, 3.63) is 23.8 Å². The number of fused-ring (bicyclic) bond motifs is 1. The lowest BCUT2D eigenvalue weighted by Crippen LogP contribution is -2.10. The summed E-state index contributed by atoms with van der Waals surface area (Å²) >= 11 is 0. The fourth-order valence-corrected chi connectivity index (χ4v) is 1.89. The van der Waals surface area contributed by atoms with Crippen LogP contribution in [0, 0.1) is 12.0 Å². The van der Waals surface area contributed by atoms with Crippen LogP contribution < -0.4 is 0 Å². The number of allylic oxidation sites excluding steroid dienone is 4. The lowest BCUT2D eigenvalue weighted by Gasteiger charge is -2.24. The van der Waals surface area contributed by atoms with Crippen molar-refractivity contribution in [2.45, 2.75) is 32.1 Å². The van der Waals surface area contributed by atoms with Crippen LogP contribution in [0.15, 0.2) is 17.7 Å². The summed E-state index contributed by atoms with van der Waals surface area (Å²) in [5, 5.41) is 0. The maximum absolute atomic E-state index is 3.49. The minimum atomic E-state index is 0.874. The molecule has 53 valence electrons. The molecule has 0 fully saturated rings. The van der Waals surface area contributed by atoms with E-state index in [2.05, 4.69) is 18.2 Å². The van der Waals surface area contributed by atoms with E-state index in [0.29, 0.717) is 0 Å². The molecule has 0 nitrogen and oxygen atoms in total. The Morgan fingerprint density at radius 1 is 1.40 bits per heavy atom. The fraction of sp³-hybridized carbons (Fsp3) is 0.600. The average molecular weight is 133 g/mol. The Bertz CT molecular complexity index is 174. The number of rotatable bonds is 0. The van der Waals surface area contributed by atoms with Crippen LogP contribution in [0.1, 0.15) is 32.1 Å². The third-order valence-electron chi connectivity index (χ3n) is 2.50. The molecule has 1 atom stereocenters. The summed E-state index contributed by atoms with van der Waals surface area (Å²) in [6.07, 6.45) is 14.5. The van der Waals surface area contributed by atoms with Gasteiger partial charge in [0.05, 0.1) is 0 Å². The van der Waals surface area contributed by atoms with Crippen LogP contribution in [0.3, 0.4) is 0 Å². The largest absolute Gasteiger partial charge is 0.0876 e. The van der Waals surface area contributed by atoms with E-state index in [4.69, 9.17) is 0 Å². The van der Waals surface area contributed by atoms with Crippen LogP contribution in [0.25, 0.3) is 0 Å². The van der Waals surface area contributed by atoms with Crippen molar-refractivity contribution in [3.8, 4) is 0 Å². The van der Waals surface area contributed by atoms with Crippen LogP contribution in [0.4, 0.5) is 0 Å². The Hall–Kier alpha value is -0.520. The summed E-state index contributed by atoms with van der Waals surface area (Å²) in [4.78, 5) is 0. The maximum Gasteiger partial charge on any atom is -0.0130 e. The predicted molar refractivity (Wildman–Crippen MR) is 42.5 cm³/mol. The third-order valence-corrected chi connectivity index (χ3v) is 2.50. The predicted octanol–water partition coefficient (Wildman–Crippen LogP) is 2.87. The second-order valence-electron chi connectivity index (χ2n) is 3.20. The van der Waals surface area contributed by atoms with Crippen molar-refractivity contribution in [3.63, 3.8) is 0 Å². The molecule has 0 amide bonds. The minimum absolute atomic E-state index is 0.874. The lowest BCUT2D eigenvalue weighted by molar-refractivity contribution is 0.491. The quantitative estimate of drug-likeness (QED) is 0.446. The Labute approximate surface area is 62.6 Å². The van der Waals surface area contributed by atoms with Crippen molar-refractivity contribution in [2.24, 2.45) is 5.92 Å². The van der Waals surface area contributed by atoms with E-state index >= 15 is 0 Å². The zero-order chi connectivity index (χ0) is 6.81. The van der Waals surface area contributed by atoms with Crippen LogP contribution in [-0.2, 0) is 0 Å². The van der Waals surface area contributed by atoms with Gasteiger partial charge < -0.3 is 0 Å². The Morgan fingerprint density at radius 2 is 2.40 bits per heavy atom. The van der Waals surface area contributed by atoms with Crippen LogP contribution in [0.2, 0.25) is 0 Å². The highest BCUT2D eigenvalue weighted by Gasteiger charge is 2.17. The van der Waals surface area contributed by atoms with E-state index in [0.717, 1.165) is 5.92 Å². The first-order valence-electron chi connectivity index (χ1n) is 4.21. The molecule has 0 bridgehead atoms. The summed E-state index contributed by atoms with van der Waals surface area (Å²) < 4.78 is 0. The van der Waals surface area contributed by atoms with E-state index in [-0.39, 0.29) is 0 Å². The van der Waals surface area contributed by atoms with Crippen molar-refractivity contribution < 1.29 is 0 Å². The number of hydrogen-bond acceptors (Lipinski definition) is 0. The standard InChI is InChI=1S/C10H13/c1-2-6-10-8-4-3-7-9(10)5-1/h1-2,9H,3-7H2. The normalized spacial score (nSPS) is 31.2. The van der Waals surface area contributed by atoms with E-state index in [1.165, 1.54) is 32.1 Å². The molecule has 0 heterocycles. The summed E-state index contributed by atoms with van der Waals surface area (Å²) in [5.74, 6) is 0.874. The Morgan fingerprint density at radius 3 is 3.30 bits per heavy atom. The van der Waals surface area contributed by atoms with Gasteiger partial charge in [-0.1, -0.05) is 17.7 Å². The molecule has 0 heteroatoms. The molecule has 2 rings (SSSR count). The van der Waals surface area contributed by atoms with Gasteiger partial charge in [-0.05, 0) is 44.1 Å². The van der Waals surface area contributed by atoms with Gasteiger partial charge in [-0.3, -0.25) is 0 Å². The van der Waals surface area contributed by atoms with Crippen molar-refractivity contribution >= 4 is 0 Å².